The summed E-state index contributed by atoms with van der Waals surface area (Å²) >= 11 is 11.9. The van der Waals surface area contributed by atoms with Crippen LogP contribution in [0, 0.1) is 0 Å². The van der Waals surface area contributed by atoms with Gasteiger partial charge in [-0.25, -0.2) is 0 Å². The number of nitrogens with zero attached hydrogens (tertiary/aromatic N) is 1. The Bertz CT molecular complexity index is 532. The highest BCUT2D eigenvalue weighted by Gasteiger charge is 2.35. The van der Waals surface area contributed by atoms with E-state index < -0.39 is 0 Å². The lowest BCUT2D eigenvalue weighted by Crippen LogP contribution is -2.33. The van der Waals surface area contributed by atoms with Crippen LogP contribution in [0.2, 0.25) is 0 Å². The molecule has 0 aromatic heterocycles. The van der Waals surface area contributed by atoms with Crippen LogP contribution in [0.4, 0.5) is 5.69 Å². The van der Waals surface area contributed by atoms with Gasteiger partial charge in [-0.15, -0.1) is 0 Å². The molecule has 100 valence electrons. The molecule has 0 unspecified atom stereocenters. The van der Waals surface area contributed by atoms with Crippen molar-refractivity contribution in [1.29, 1.82) is 0 Å². The molecule has 0 atom stereocenters. The largest absolute Gasteiger partial charge is 0.305 e. The molecule has 0 spiro atoms. The molecule has 19 heavy (non-hydrogen) atoms. The number of rotatable bonds is 4. The highest BCUT2D eigenvalue weighted by Crippen LogP contribution is 2.34. The maximum absolute atomic E-state index is 12.5. The smallest absolute Gasteiger partial charge is 0.270 e. The van der Waals surface area contributed by atoms with E-state index in [0.29, 0.717) is 10.6 Å². The van der Waals surface area contributed by atoms with E-state index in [9.17, 15) is 4.79 Å². The summed E-state index contributed by atoms with van der Waals surface area (Å²) in [6.45, 7) is 5.30. The zero-order valence-electron chi connectivity index (χ0n) is 10.7. The maximum Gasteiger partial charge on any atom is 0.270 e. The number of carbonyl (C=O) groups is 1. The first kappa shape index (κ1) is 14.2. The van der Waals surface area contributed by atoms with Crippen molar-refractivity contribution in [3.63, 3.8) is 0 Å². The van der Waals surface area contributed by atoms with Gasteiger partial charge in [0.15, 0.2) is 0 Å². The minimum absolute atomic E-state index is 0.135. The Balaban J connectivity index is 2.34. The normalized spacial score (nSPS) is 15.7. The van der Waals surface area contributed by atoms with Crippen molar-refractivity contribution in [3.8, 4) is 0 Å². The summed E-state index contributed by atoms with van der Waals surface area (Å²) in [6.07, 6.45) is 2.01. The SMILES string of the molecule is C=C(Cl)C(C)=C(Cl)C(=O)N(c1ccccc1)C1CC1. The number of allylic oxidation sites excluding steroid dienone is 2. The van der Waals surface area contributed by atoms with Crippen molar-refractivity contribution in [1.82, 2.24) is 0 Å². The van der Waals surface area contributed by atoms with Crippen molar-refractivity contribution < 1.29 is 4.79 Å². The van der Waals surface area contributed by atoms with Crippen LogP contribution in [-0.2, 0) is 4.79 Å². The van der Waals surface area contributed by atoms with Crippen molar-refractivity contribution >= 4 is 34.8 Å². The Hall–Kier alpha value is -1.25. The summed E-state index contributed by atoms with van der Waals surface area (Å²) in [6, 6.07) is 9.78. The van der Waals surface area contributed by atoms with Crippen LogP contribution >= 0.6 is 23.2 Å². The van der Waals surface area contributed by atoms with Crippen molar-refractivity contribution in [2.75, 3.05) is 4.90 Å². The van der Waals surface area contributed by atoms with Crippen LogP contribution in [0.5, 0.6) is 0 Å². The topological polar surface area (TPSA) is 20.3 Å². The van der Waals surface area contributed by atoms with E-state index in [2.05, 4.69) is 6.58 Å². The number of hydrogen-bond donors (Lipinski definition) is 0. The first-order valence-electron chi connectivity index (χ1n) is 6.12. The Morgan fingerprint density at radius 3 is 2.32 bits per heavy atom. The van der Waals surface area contributed by atoms with Gasteiger partial charge in [0, 0.05) is 16.8 Å². The van der Waals surface area contributed by atoms with Gasteiger partial charge in [0.2, 0.25) is 0 Å². The molecule has 4 heteroatoms. The summed E-state index contributed by atoms with van der Waals surface area (Å²) in [5.41, 5.74) is 1.39. The van der Waals surface area contributed by atoms with Gasteiger partial charge >= 0.3 is 0 Å². The molecule has 1 aromatic carbocycles. The third-order valence-electron chi connectivity index (χ3n) is 3.09. The first-order chi connectivity index (χ1) is 9.02. The summed E-state index contributed by atoms with van der Waals surface area (Å²) in [7, 11) is 0. The van der Waals surface area contributed by atoms with Gasteiger partial charge < -0.3 is 4.90 Å². The highest BCUT2D eigenvalue weighted by atomic mass is 35.5. The third-order valence-corrected chi connectivity index (χ3v) is 3.82. The quantitative estimate of drug-likeness (QED) is 0.594. The molecular formula is C15H15Cl2NO. The number of amides is 1. The summed E-state index contributed by atoms with van der Waals surface area (Å²) in [4.78, 5) is 14.2. The number of halogens is 2. The maximum atomic E-state index is 12.5. The van der Waals surface area contributed by atoms with Crippen molar-refractivity contribution in [3.05, 3.63) is 52.5 Å². The fourth-order valence-electron chi connectivity index (χ4n) is 1.80. The number of hydrogen-bond acceptors (Lipinski definition) is 1. The Morgan fingerprint density at radius 2 is 1.84 bits per heavy atom. The highest BCUT2D eigenvalue weighted by molar-refractivity contribution is 6.46. The van der Waals surface area contributed by atoms with Crippen molar-refractivity contribution in [2.24, 2.45) is 0 Å². The second-order valence-corrected chi connectivity index (χ2v) is 5.42. The van der Waals surface area contributed by atoms with Crippen LogP contribution in [0.1, 0.15) is 19.8 Å². The predicted molar refractivity (Wildman–Crippen MR) is 80.5 cm³/mol. The van der Waals surface area contributed by atoms with E-state index >= 15 is 0 Å². The Labute approximate surface area is 123 Å². The second-order valence-electron chi connectivity index (χ2n) is 4.59. The number of para-hydroxylation sites is 1. The molecule has 0 saturated heterocycles. The van der Waals surface area contributed by atoms with Crippen molar-refractivity contribution in [2.45, 2.75) is 25.8 Å². The molecule has 0 N–H and O–H groups in total. The molecule has 0 aliphatic heterocycles. The van der Waals surface area contributed by atoms with E-state index in [1.165, 1.54) is 0 Å². The molecule has 1 aliphatic carbocycles. The van der Waals surface area contributed by atoms with Gasteiger partial charge in [-0.05, 0) is 37.5 Å². The van der Waals surface area contributed by atoms with Gasteiger partial charge in [-0.3, -0.25) is 4.79 Å². The fraction of sp³-hybridized carbons (Fsp3) is 0.267. The van der Waals surface area contributed by atoms with Gasteiger partial charge in [0.25, 0.3) is 5.91 Å². The van der Waals surface area contributed by atoms with Gasteiger partial charge in [0.1, 0.15) is 5.03 Å². The molecule has 0 bridgehead atoms. The zero-order chi connectivity index (χ0) is 14.0. The fourth-order valence-corrected chi connectivity index (χ4v) is 2.15. The lowest BCUT2D eigenvalue weighted by molar-refractivity contribution is -0.114. The lowest BCUT2D eigenvalue weighted by atomic mass is 10.2. The molecule has 0 radical (unpaired) electrons. The molecule has 0 heterocycles. The molecule has 1 aromatic rings. The Kier molecular flexibility index (Phi) is 4.33. The van der Waals surface area contributed by atoms with E-state index in [-0.39, 0.29) is 17.0 Å². The summed E-state index contributed by atoms with van der Waals surface area (Å²) < 4.78 is 0. The van der Waals surface area contributed by atoms with Crippen LogP contribution in [0.25, 0.3) is 0 Å². The van der Waals surface area contributed by atoms with Crippen LogP contribution in [0.3, 0.4) is 0 Å². The molecular weight excluding hydrogens is 281 g/mol. The molecule has 1 amide bonds. The van der Waals surface area contributed by atoms with Crippen LogP contribution in [-0.4, -0.2) is 11.9 Å². The summed E-state index contributed by atoms with van der Waals surface area (Å²) in [5, 5.41) is 0.429. The van der Waals surface area contributed by atoms with E-state index in [0.717, 1.165) is 18.5 Å². The second kappa shape index (κ2) is 5.81. The number of benzene rings is 1. The lowest BCUT2D eigenvalue weighted by Gasteiger charge is -2.22. The molecule has 2 nitrogen and oxygen atoms in total. The summed E-state index contributed by atoms with van der Waals surface area (Å²) in [5.74, 6) is -0.213. The van der Waals surface area contributed by atoms with Crippen LogP contribution in [0.15, 0.2) is 52.5 Å². The average Bonchev–Trinajstić information content (AvgIpc) is 3.23. The van der Waals surface area contributed by atoms with Gasteiger partial charge in [-0.2, -0.15) is 0 Å². The van der Waals surface area contributed by atoms with E-state index in [1.54, 1.807) is 11.8 Å². The van der Waals surface area contributed by atoms with Gasteiger partial charge in [0.05, 0.1) is 0 Å². The minimum Gasteiger partial charge on any atom is -0.305 e. The molecule has 1 aliphatic rings. The first-order valence-corrected chi connectivity index (χ1v) is 6.87. The van der Waals surface area contributed by atoms with E-state index in [1.807, 2.05) is 30.3 Å². The van der Waals surface area contributed by atoms with Crippen LogP contribution < -0.4 is 4.90 Å². The Morgan fingerprint density at radius 1 is 1.26 bits per heavy atom. The monoisotopic (exact) mass is 295 g/mol. The number of carbonyl (C=O) groups excluding carboxylic acids is 1. The predicted octanol–water partition coefficient (Wildman–Crippen LogP) is 4.45. The zero-order valence-corrected chi connectivity index (χ0v) is 12.2. The van der Waals surface area contributed by atoms with Gasteiger partial charge in [-0.1, -0.05) is 48.0 Å². The molecule has 1 saturated carbocycles. The minimum atomic E-state index is -0.213. The molecule has 1 fully saturated rings. The average molecular weight is 296 g/mol. The van der Waals surface area contributed by atoms with E-state index in [4.69, 9.17) is 23.2 Å². The standard InChI is InChI=1S/C15H15Cl2NO/c1-10(11(2)16)14(17)15(19)18(13-8-9-13)12-6-4-3-5-7-12/h3-7,13H,2,8-9H2,1H3. The number of anilines is 1. The third kappa shape index (κ3) is 3.20. The molecule has 2 rings (SSSR count).